The molecule has 2 rings (SSSR count). The van der Waals surface area contributed by atoms with Crippen LogP contribution in [0.4, 0.5) is 13.2 Å². The van der Waals surface area contributed by atoms with E-state index in [9.17, 15) is 18.0 Å². The molecule has 0 fully saturated rings. The van der Waals surface area contributed by atoms with E-state index in [0.717, 1.165) is 6.07 Å². The van der Waals surface area contributed by atoms with Crippen molar-refractivity contribution in [2.45, 2.75) is 26.1 Å². The van der Waals surface area contributed by atoms with Gasteiger partial charge >= 0.3 is 6.18 Å². The predicted octanol–water partition coefficient (Wildman–Crippen LogP) is 3.42. The molecule has 2 nitrogen and oxygen atoms in total. The standard InChI is InChI=1S/C13H12F3NO/c1-2-17-8-9(6-7-18)10-4-3-5-11(12(10)17)13(14,15)16/h3-5,7-8H,2,6H2,1H3. The zero-order chi connectivity index (χ0) is 13.3. The van der Waals surface area contributed by atoms with Crippen LogP contribution in [-0.2, 0) is 23.9 Å². The molecular formula is C13H12F3NO. The van der Waals surface area contributed by atoms with Crippen LogP contribution < -0.4 is 0 Å². The fraction of sp³-hybridized carbons (Fsp3) is 0.308. The molecule has 1 aromatic carbocycles. The number of para-hydroxylation sites is 1. The van der Waals surface area contributed by atoms with E-state index in [1.54, 1.807) is 19.2 Å². The fourth-order valence-electron chi connectivity index (χ4n) is 2.16. The lowest BCUT2D eigenvalue weighted by molar-refractivity contribution is -0.136. The molecule has 0 radical (unpaired) electrons. The van der Waals surface area contributed by atoms with Crippen molar-refractivity contribution in [3.8, 4) is 0 Å². The highest BCUT2D eigenvalue weighted by molar-refractivity contribution is 5.88. The van der Waals surface area contributed by atoms with Gasteiger partial charge in [-0.05, 0) is 18.6 Å². The lowest BCUT2D eigenvalue weighted by Gasteiger charge is -2.10. The van der Waals surface area contributed by atoms with Crippen LogP contribution in [-0.4, -0.2) is 10.9 Å². The number of fused-ring (bicyclic) bond motifs is 1. The molecule has 0 N–H and O–H groups in total. The molecule has 0 atom stereocenters. The van der Waals surface area contributed by atoms with Gasteiger partial charge in [-0.3, -0.25) is 0 Å². The van der Waals surface area contributed by atoms with Crippen LogP contribution in [0.15, 0.2) is 24.4 Å². The minimum atomic E-state index is -4.39. The number of nitrogens with zero attached hydrogens (tertiary/aromatic N) is 1. The number of aryl methyl sites for hydroxylation is 1. The van der Waals surface area contributed by atoms with Gasteiger partial charge in [0.1, 0.15) is 6.29 Å². The molecule has 5 heteroatoms. The lowest BCUT2D eigenvalue weighted by atomic mass is 10.1. The number of carbonyl (C=O) groups excluding carboxylic acids is 1. The van der Waals surface area contributed by atoms with E-state index in [0.29, 0.717) is 23.8 Å². The minimum absolute atomic E-state index is 0.130. The highest BCUT2D eigenvalue weighted by atomic mass is 19.4. The summed E-state index contributed by atoms with van der Waals surface area (Å²) in [7, 11) is 0. The first kappa shape index (κ1) is 12.7. The summed E-state index contributed by atoms with van der Waals surface area (Å²) < 4.78 is 40.4. The van der Waals surface area contributed by atoms with Gasteiger partial charge in [0.2, 0.25) is 0 Å². The predicted molar refractivity (Wildman–Crippen MR) is 62.4 cm³/mol. The minimum Gasteiger partial charge on any atom is -0.347 e. The third kappa shape index (κ3) is 2.00. The Morgan fingerprint density at radius 3 is 2.61 bits per heavy atom. The smallest absolute Gasteiger partial charge is 0.347 e. The molecule has 0 aliphatic carbocycles. The topological polar surface area (TPSA) is 22.0 Å². The number of aromatic nitrogens is 1. The molecule has 0 amide bonds. The Hall–Kier alpha value is -1.78. The number of hydrogen-bond acceptors (Lipinski definition) is 1. The van der Waals surface area contributed by atoms with Crippen molar-refractivity contribution in [1.82, 2.24) is 4.57 Å². The molecule has 0 aliphatic heterocycles. The number of carbonyl (C=O) groups is 1. The number of rotatable bonds is 3. The summed E-state index contributed by atoms with van der Waals surface area (Å²) in [5.74, 6) is 0. The van der Waals surface area contributed by atoms with Gasteiger partial charge in [-0.15, -0.1) is 0 Å². The average Bonchev–Trinajstić information content (AvgIpc) is 2.67. The van der Waals surface area contributed by atoms with E-state index < -0.39 is 11.7 Å². The van der Waals surface area contributed by atoms with Crippen LogP contribution in [0.2, 0.25) is 0 Å². The molecule has 0 saturated carbocycles. The van der Waals surface area contributed by atoms with Crippen LogP contribution in [0.1, 0.15) is 18.1 Å². The summed E-state index contributed by atoms with van der Waals surface area (Å²) in [5, 5.41) is 0.499. The van der Waals surface area contributed by atoms with E-state index in [-0.39, 0.29) is 11.9 Å². The van der Waals surface area contributed by atoms with Crippen molar-refractivity contribution in [3.05, 3.63) is 35.5 Å². The van der Waals surface area contributed by atoms with E-state index in [4.69, 9.17) is 0 Å². The summed E-state index contributed by atoms with van der Waals surface area (Å²) in [6.07, 6.45) is -1.93. The summed E-state index contributed by atoms with van der Waals surface area (Å²) in [6, 6.07) is 4.06. The summed E-state index contributed by atoms with van der Waals surface area (Å²) >= 11 is 0. The Bertz CT molecular complexity index is 584. The molecule has 1 heterocycles. The summed E-state index contributed by atoms with van der Waals surface area (Å²) in [6.45, 7) is 2.21. The van der Waals surface area contributed by atoms with Crippen LogP contribution in [0.25, 0.3) is 10.9 Å². The molecular weight excluding hydrogens is 243 g/mol. The Morgan fingerprint density at radius 2 is 2.06 bits per heavy atom. The van der Waals surface area contributed by atoms with Gasteiger partial charge in [0.25, 0.3) is 0 Å². The van der Waals surface area contributed by atoms with E-state index in [1.165, 1.54) is 10.6 Å². The number of hydrogen-bond donors (Lipinski definition) is 0. The maximum Gasteiger partial charge on any atom is 0.418 e. The highest BCUT2D eigenvalue weighted by Crippen LogP contribution is 2.36. The second-order valence-electron chi connectivity index (χ2n) is 4.01. The highest BCUT2D eigenvalue weighted by Gasteiger charge is 2.34. The van der Waals surface area contributed by atoms with Gasteiger partial charge in [-0.1, -0.05) is 12.1 Å². The molecule has 2 aromatic rings. The van der Waals surface area contributed by atoms with E-state index >= 15 is 0 Å². The van der Waals surface area contributed by atoms with Crippen molar-refractivity contribution < 1.29 is 18.0 Å². The Morgan fingerprint density at radius 1 is 1.33 bits per heavy atom. The van der Waals surface area contributed by atoms with Crippen molar-refractivity contribution in [1.29, 1.82) is 0 Å². The van der Waals surface area contributed by atoms with Crippen molar-refractivity contribution in [2.24, 2.45) is 0 Å². The maximum absolute atomic E-state index is 12.9. The number of aldehydes is 1. The van der Waals surface area contributed by atoms with E-state index in [1.807, 2.05) is 0 Å². The second-order valence-corrected chi connectivity index (χ2v) is 4.01. The SMILES string of the molecule is CCn1cc(CC=O)c2cccc(C(F)(F)F)c21. The third-order valence-corrected chi connectivity index (χ3v) is 2.93. The molecule has 0 aliphatic rings. The summed E-state index contributed by atoms with van der Waals surface area (Å²) in [5.41, 5.74) is 0.135. The van der Waals surface area contributed by atoms with Gasteiger partial charge in [-0.25, -0.2) is 0 Å². The number of alkyl halides is 3. The first-order valence-electron chi connectivity index (χ1n) is 5.60. The molecule has 0 bridgehead atoms. The Balaban J connectivity index is 2.79. The average molecular weight is 255 g/mol. The zero-order valence-corrected chi connectivity index (χ0v) is 9.79. The van der Waals surface area contributed by atoms with E-state index in [2.05, 4.69) is 0 Å². The zero-order valence-electron chi connectivity index (χ0n) is 9.79. The summed E-state index contributed by atoms with van der Waals surface area (Å²) in [4.78, 5) is 10.6. The normalized spacial score (nSPS) is 12.0. The van der Waals surface area contributed by atoms with Crippen LogP contribution in [0.5, 0.6) is 0 Å². The Labute approximate surface area is 102 Å². The Kier molecular flexibility index (Phi) is 3.15. The van der Waals surface area contributed by atoms with Crippen molar-refractivity contribution in [2.75, 3.05) is 0 Å². The number of halogens is 3. The van der Waals surface area contributed by atoms with Gasteiger partial charge in [0.15, 0.2) is 0 Å². The molecule has 96 valence electrons. The second kappa shape index (κ2) is 4.48. The van der Waals surface area contributed by atoms with Crippen LogP contribution in [0, 0.1) is 0 Å². The van der Waals surface area contributed by atoms with Gasteiger partial charge < -0.3 is 9.36 Å². The molecule has 0 unspecified atom stereocenters. The fourth-order valence-corrected chi connectivity index (χ4v) is 2.16. The largest absolute Gasteiger partial charge is 0.418 e. The molecule has 0 saturated heterocycles. The number of benzene rings is 1. The molecule has 1 aromatic heterocycles. The molecule has 0 spiro atoms. The lowest BCUT2D eigenvalue weighted by Crippen LogP contribution is -2.08. The first-order chi connectivity index (χ1) is 8.49. The molecule has 18 heavy (non-hydrogen) atoms. The van der Waals surface area contributed by atoms with Gasteiger partial charge in [0.05, 0.1) is 11.1 Å². The third-order valence-electron chi connectivity index (χ3n) is 2.93. The van der Waals surface area contributed by atoms with Gasteiger partial charge in [0, 0.05) is 24.5 Å². The van der Waals surface area contributed by atoms with Crippen molar-refractivity contribution in [3.63, 3.8) is 0 Å². The quantitative estimate of drug-likeness (QED) is 0.770. The monoisotopic (exact) mass is 255 g/mol. The maximum atomic E-state index is 12.9. The van der Waals surface area contributed by atoms with Crippen molar-refractivity contribution >= 4 is 17.2 Å². The van der Waals surface area contributed by atoms with Gasteiger partial charge in [-0.2, -0.15) is 13.2 Å². The van der Waals surface area contributed by atoms with Crippen LogP contribution >= 0.6 is 0 Å². The first-order valence-corrected chi connectivity index (χ1v) is 5.60. The van der Waals surface area contributed by atoms with Crippen LogP contribution in [0.3, 0.4) is 0 Å².